The van der Waals surface area contributed by atoms with Crippen LogP contribution in [0.1, 0.15) is 20.8 Å². The van der Waals surface area contributed by atoms with Crippen LogP contribution in [0.3, 0.4) is 0 Å². The van der Waals surface area contributed by atoms with Crippen molar-refractivity contribution in [1.29, 1.82) is 0 Å². The van der Waals surface area contributed by atoms with E-state index in [0.29, 0.717) is 17.2 Å². The van der Waals surface area contributed by atoms with Crippen LogP contribution in [0.4, 0.5) is 5.82 Å². The number of hydrogen-bond acceptors (Lipinski definition) is 4. The maximum Gasteiger partial charge on any atom is 0.267 e. The van der Waals surface area contributed by atoms with Crippen molar-refractivity contribution >= 4 is 23.1 Å². The molecule has 5 heteroatoms. The van der Waals surface area contributed by atoms with Gasteiger partial charge in [0.25, 0.3) is 5.91 Å². The molecule has 0 aromatic carbocycles. The molecule has 0 unspecified atom stereocenters. The van der Waals surface area contributed by atoms with Gasteiger partial charge in [0.15, 0.2) is 0 Å². The number of aromatic nitrogens is 1. The van der Waals surface area contributed by atoms with Gasteiger partial charge in [0.1, 0.15) is 5.82 Å². The molecule has 0 saturated carbocycles. The molecule has 0 aliphatic heterocycles. The van der Waals surface area contributed by atoms with Crippen LogP contribution in [0.5, 0.6) is 0 Å². The molecule has 19 heavy (non-hydrogen) atoms. The summed E-state index contributed by atoms with van der Waals surface area (Å²) in [6.07, 6.45) is 1.61. The van der Waals surface area contributed by atoms with E-state index in [1.54, 1.807) is 18.3 Å². The summed E-state index contributed by atoms with van der Waals surface area (Å²) in [6, 6.07) is 5.41. The lowest BCUT2D eigenvalue weighted by Crippen LogP contribution is -2.12. The summed E-state index contributed by atoms with van der Waals surface area (Å²) in [5.41, 5.74) is 7.05. The Bertz CT molecular complexity index is 652. The molecular weight excluding hydrogens is 258 g/mol. The number of thiophene rings is 1. The van der Waals surface area contributed by atoms with Crippen LogP contribution in [0.15, 0.2) is 29.8 Å². The molecule has 2 heterocycles. The first-order valence-corrected chi connectivity index (χ1v) is 6.59. The number of anilines is 1. The first kappa shape index (κ1) is 13.3. The van der Waals surface area contributed by atoms with Crippen LogP contribution in [0.2, 0.25) is 0 Å². The number of nitrogens with two attached hydrogens (primary N) is 1. The molecule has 0 aliphatic carbocycles. The highest BCUT2D eigenvalue weighted by Crippen LogP contribution is 2.17. The van der Waals surface area contributed by atoms with E-state index in [1.165, 1.54) is 11.3 Å². The van der Waals surface area contributed by atoms with Gasteiger partial charge in [-0.25, -0.2) is 4.98 Å². The molecule has 0 bridgehead atoms. The lowest BCUT2D eigenvalue weighted by atomic mass is 10.2. The van der Waals surface area contributed by atoms with Crippen molar-refractivity contribution in [2.24, 2.45) is 5.73 Å². The van der Waals surface area contributed by atoms with Gasteiger partial charge in [-0.1, -0.05) is 11.8 Å². The fourth-order valence-corrected chi connectivity index (χ4v) is 2.33. The van der Waals surface area contributed by atoms with E-state index in [-0.39, 0.29) is 5.91 Å². The Balaban J connectivity index is 2.15. The van der Waals surface area contributed by atoms with Gasteiger partial charge in [0, 0.05) is 11.8 Å². The minimum absolute atomic E-state index is 0.149. The Hall–Kier alpha value is -2.16. The van der Waals surface area contributed by atoms with Crippen molar-refractivity contribution < 1.29 is 4.79 Å². The topological polar surface area (TPSA) is 68.0 Å². The smallest absolute Gasteiger partial charge is 0.267 e. The predicted molar refractivity (Wildman–Crippen MR) is 77.2 cm³/mol. The number of nitrogens with zero attached hydrogens (tertiary/aromatic N) is 1. The van der Waals surface area contributed by atoms with E-state index in [1.807, 2.05) is 18.4 Å². The summed E-state index contributed by atoms with van der Waals surface area (Å²) in [7, 11) is 0. The second-order valence-corrected chi connectivity index (χ2v) is 4.74. The standard InChI is InChI=1S/C14H13N3OS/c1-10-5-8-19-13(10)14(18)17-12-9-11(3-2-6-15)4-7-16-12/h4-5,7-9H,6,15H2,1H3,(H,16,17,18). The van der Waals surface area contributed by atoms with E-state index in [4.69, 9.17) is 5.73 Å². The van der Waals surface area contributed by atoms with Gasteiger partial charge in [0.05, 0.1) is 11.4 Å². The number of aryl methyl sites for hydroxylation is 1. The molecule has 0 aliphatic rings. The number of pyridine rings is 1. The third-order valence-corrected chi connectivity index (χ3v) is 3.42. The van der Waals surface area contributed by atoms with Crippen molar-refractivity contribution in [3.63, 3.8) is 0 Å². The van der Waals surface area contributed by atoms with E-state index in [0.717, 1.165) is 11.1 Å². The molecule has 0 radical (unpaired) electrons. The number of amides is 1. The van der Waals surface area contributed by atoms with Crippen molar-refractivity contribution in [3.8, 4) is 11.8 Å². The summed E-state index contributed by atoms with van der Waals surface area (Å²) in [5.74, 6) is 6.00. The van der Waals surface area contributed by atoms with Gasteiger partial charge in [-0.3, -0.25) is 4.79 Å². The van der Waals surface area contributed by atoms with Crippen LogP contribution >= 0.6 is 11.3 Å². The second-order valence-electron chi connectivity index (χ2n) is 3.82. The van der Waals surface area contributed by atoms with Crippen LogP contribution in [0.25, 0.3) is 0 Å². The SMILES string of the molecule is Cc1ccsc1C(=O)Nc1cc(C#CCN)ccn1. The Morgan fingerprint density at radius 3 is 3.05 bits per heavy atom. The Morgan fingerprint density at radius 2 is 2.37 bits per heavy atom. The van der Waals surface area contributed by atoms with Gasteiger partial charge < -0.3 is 11.1 Å². The number of carbonyl (C=O) groups excluding carboxylic acids is 1. The first-order valence-electron chi connectivity index (χ1n) is 5.71. The highest BCUT2D eigenvalue weighted by molar-refractivity contribution is 7.12. The minimum Gasteiger partial charge on any atom is -0.320 e. The van der Waals surface area contributed by atoms with Crippen molar-refractivity contribution in [3.05, 3.63) is 45.8 Å². The van der Waals surface area contributed by atoms with E-state index >= 15 is 0 Å². The molecule has 0 atom stereocenters. The summed E-state index contributed by atoms with van der Waals surface area (Å²) < 4.78 is 0. The molecule has 2 aromatic rings. The average molecular weight is 271 g/mol. The number of rotatable bonds is 2. The zero-order valence-electron chi connectivity index (χ0n) is 10.4. The average Bonchev–Trinajstić information content (AvgIpc) is 2.83. The highest BCUT2D eigenvalue weighted by atomic mass is 32.1. The van der Waals surface area contributed by atoms with E-state index < -0.39 is 0 Å². The minimum atomic E-state index is -0.149. The van der Waals surface area contributed by atoms with Crippen LogP contribution in [0, 0.1) is 18.8 Å². The second kappa shape index (κ2) is 6.14. The summed E-state index contributed by atoms with van der Waals surface area (Å²) in [4.78, 5) is 16.8. The molecule has 2 aromatic heterocycles. The third-order valence-electron chi connectivity index (χ3n) is 2.40. The Kier molecular flexibility index (Phi) is 4.29. The largest absolute Gasteiger partial charge is 0.320 e. The van der Waals surface area contributed by atoms with Gasteiger partial charge in [-0.2, -0.15) is 0 Å². The van der Waals surface area contributed by atoms with Gasteiger partial charge in [0.2, 0.25) is 0 Å². The molecule has 1 amide bonds. The zero-order chi connectivity index (χ0) is 13.7. The maximum absolute atomic E-state index is 12.0. The molecule has 2 rings (SSSR count). The maximum atomic E-state index is 12.0. The summed E-state index contributed by atoms with van der Waals surface area (Å²) in [5, 5.41) is 4.65. The van der Waals surface area contributed by atoms with Crippen molar-refractivity contribution in [2.45, 2.75) is 6.92 Å². The Morgan fingerprint density at radius 1 is 1.53 bits per heavy atom. The Labute approximate surface area is 115 Å². The van der Waals surface area contributed by atoms with Crippen molar-refractivity contribution in [1.82, 2.24) is 4.98 Å². The van der Waals surface area contributed by atoms with Crippen molar-refractivity contribution in [2.75, 3.05) is 11.9 Å². The van der Waals surface area contributed by atoms with Gasteiger partial charge in [-0.15, -0.1) is 11.3 Å². The highest BCUT2D eigenvalue weighted by Gasteiger charge is 2.11. The molecule has 4 nitrogen and oxygen atoms in total. The lowest BCUT2D eigenvalue weighted by molar-refractivity contribution is 0.102. The molecule has 0 fully saturated rings. The van der Waals surface area contributed by atoms with Crippen LogP contribution < -0.4 is 11.1 Å². The monoisotopic (exact) mass is 271 g/mol. The molecule has 0 spiro atoms. The first-order chi connectivity index (χ1) is 9.20. The number of nitrogens with one attached hydrogen (secondary N) is 1. The van der Waals surface area contributed by atoms with Gasteiger partial charge in [-0.05, 0) is 36.1 Å². The lowest BCUT2D eigenvalue weighted by Gasteiger charge is -2.03. The van der Waals surface area contributed by atoms with Crippen LogP contribution in [-0.4, -0.2) is 17.4 Å². The number of carbonyl (C=O) groups is 1. The quantitative estimate of drug-likeness (QED) is 0.821. The third kappa shape index (κ3) is 3.41. The fourth-order valence-electron chi connectivity index (χ4n) is 1.51. The zero-order valence-corrected chi connectivity index (χ0v) is 11.3. The molecule has 0 saturated heterocycles. The van der Waals surface area contributed by atoms with Crippen LogP contribution in [-0.2, 0) is 0 Å². The fraction of sp³-hybridized carbons (Fsp3) is 0.143. The molecular formula is C14H13N3OS. The summed E-state index contributed by atoms with van der Waals surface area (Å²) >= 11 is 1.41. The van der Waals surface area contributed by atoms with E-state index in [2.05, 4.69) is 22.1 Å². The van der Waals surface area contributed by atoms with E-state index in [9.17, 15) is 4.79 Å². The predicted octanol–water partition coefficient (Wildman–Crippen LogP) is 2.01. The molecule has 3 N–H and O–H groups in total. The summed E-state index contributed by atoms with van der Waals surface area (Å²) in [6.45, 7) is 2.21. The van der Waals surface area contributed by atoms with Gasteiger partial charge >= 0.3 is 0 Å². The normalized spacial score (nSPS) is 9.58. The number of hydrogen-bond donors (Lipinski definition) is 2. The molecule has 96 valence electrons.